The fourth-order valence-corrected chi connectivity index (χ4v) is 5.88. The summed E-state index contributed by atoms with van der Waals surface area (Å²) < 4.78 is 39.6. The summed E-state index contributed by atoms with van der Waals surface area (Å²) in [5, 5.41) is 0. The lowest BCUT2D eigenvalue weighted by Gasteiger charge is -2.40. The van der Waals surface area contributed by atoms with E-state index in [1.54, 1.807) is 22.6 Å². The van der Waals surface area contributed by atoms with Crippen LogP contribution in [-0.4, -0.2) is 30.5 Å². The minimum absolute atomic E-state index is 0.0422. The zero-order chi connectivity index (χ0) is 19.7. The second-order valence-electron chi connectivity index (χ2n) is 7.76. The van der Waals surface area contributed by atoms with E-state index in [1.165, 1.54) is 6.20 Å². The highest BCUT2D eigenvalue weighted by Crippen LogP contribution is 2.38. The Kier molecular flexibility index (Phi) is 5.29. The van der Waals surface area contributed by atoms with Crippen molar-refractivity contribution in [3.63, 3.8) is 0 Å². The number of sulfonamides is 1. The van der Waals surface area contributed by atoms with Gasteiger partial charge in [-0.1, -0.05) is 32.8 Å². The van der Waals surface area contributed by atoms with Crippen molar-refractivity contribution < 1.29 is 17.9 Å². The first-order valence-corrected chi connectivity index (χ1v) is 11.2. The standard InChI is InChI=1S/C21H26N2O4S/c1-15-5-3-7-19(16(15)2)23(28(24,25)18-6-4-10-22-12-18)13-17-8-9-20-21(11-17)27-14-26-20/h4,6,8-12,15-16,19H,3,5,7,13-14H2,1-2H3/t15-,16+,19+/m1/s1. The van der Waals surface area contributed by atoms with Gasteiger partial charge in [-0.3, -0.25) is 4.98 Å². The summed E-state index contributed by atoms with van der Waals surface area (Å²) >= 11 is 0. The number of ether oxygens (including phenoxy) is 2. The van der Waals surface area contributed by atoms with Crippen LogP contribution >= 0.6 is 0 Å². The van der Waals surface area contributed by atoms with Crippen LogP contribution in [0.3, 0.4) is 0 Å². The zero-order valence-corrected chi connectivity index (χ0v) is 17.1. The predicted octanol–water partition coefficient (Wildman–Crippen LogP) is 3.83. The Morgan fingerprint density at radius 2 is 1.96 bits per heavy atom. The van der Waals surface area contributed by atoms with E-state index >= 15 is 0 Å². The van der Waals surface area contributed by atoms with Gasteiger partial charge in [0.15, 0.2) is 11.5 Å². The van der Waals surface area contributed by atoms with Gasteiger partial charge in [0.05, 0.1) is 0 Å². The van der Waals surface area contributed by atoms with E-state index in [0.717, 1.165) is 24.8 Å². The van der Waals surface area contributed by atoms with Crippen molar-refractivity contribution in [2.45, 2.75) is 50.6 Å². The molecule has 2 heterocycles. The summed E-state index contributed by atoms with van der Waals surface area (Å²) in [6.07, 6.45) is 6.07. The monoisotopic (exact) mass is 402 g/mol. The first kappa shape index (κ1) is 19.2. The molecule has 4 rings (SSSR count). The summed E-state index contributed by atoms with van der Waals surface area (Å²) in [6.45, 7) is 4.88. The van der Waals surface area contributed by atoms with Crippen molar-refractivity contribution in [2.24, 2.45) is 11.8 Å². The largest absolute Gasteiger partial charge is 0.454 e. The molecule has 0 spiro atoms. The molecule has 2 aromatic rings. The van der Waals surface area contributed by atoms with Crippen LogP contribution in [0, 0.1) is 11.8 Å². The Balaban J connectivity index is 1.71. The van der Waals surface area contributed by atoms with Gasteiger partial charge in [0, 0.05) is 25.0 Å². The molecule has 0 bridgehead atoms. The van der Waals surface area contributed by atoms with E-state index < -0.39 is 10.0 Å². The summed E-state index contributed by atoms with van der Waals surface area (Å²) in [4.78, 5) is 4.26. The zero-order valence-electron chi connectivity index (χ0n) is 16.2. The lowest BCUT2D eigenvalue weighted by molar-refractivity contribution is 0.138. The molecule has 3 atom stereocenters. The Bertz CT molecular complexity index is 933. The van der Waals surface area contributed by atoms with Gasteiger partial charge < -0.3 is 9.47 Å². The molecule has 0 radical (unpaired) electrons. The van der Waals surface area contributed by atoms with Crippen LogP contribution in [0.15, 0.2) is 47.6 Å². The topological polar surface area (TPSA) is 68.7 Å². The van der Waals surface area contributed by atoms with Crippen LogP contribution < -0.4 is 9.47 Å². The van der Waals surface area contributed by atoms with Crippen molar-refractivity contribution in [2.75, 3.05) is 6.79 Å². The SMILES string of the molecule is C[C@H]1[C@H](C)CCC[C@@H]1N(Cc1ccc2c(c1)OCO2)S(=O)(=O)c1cccnc1. The lowest BCUT2D eigenvalue weighted by Crippen LogP contribution is -2.46. The Morgan fingerprint density at radius 1 is 1.14 bits per heavy atom. The van der Waals surface area contributed by atoms with Gasteiger partial charge in [0.1, 0.15) is 4.90 Å². The van der Waals surface area contributed by atoms with Crippen molar-refractivity contribution in [1.29, 1.82) is 0 Å². The number of pyridine rings is 1. The third kappa shape index (κ3) is 3.61. The van der Waals surface area contributed by atoms with Crippen molar-refractivity contribution in [3.8, 4) is 11.5 Å². The summed E-state index contributed by atoms with van der Waals surface area (Å²) in [5.74, 6) is 2.14. The minimum atomic E-state index is -3.67. The number of aromatic nitrogens is 1. The number of rotatable bonds is 5. The molecule has 1 aromatic carbocycles. The molecule has 28 heavy (non-hydrogen) atoms. The summed E-state index contributed by atoms with van der Waals surface area (Å²) in [6, 6.07) is 8.88. The number of hydrogen-bond donors (Lipinski definition) is 0. The van der Waals surface area contributed by atoms with E-state index in [-0.39, 0.29) is 23.6 Å². The highest BCUT2D eigenvalue weighted by molar-refractivity contribution is 7.89. The maximum Gasteiger partial charge on any atom is 0.245 e. The fraction of sp³-hybridized carbons (Fsp3) is 0.476. The van der Waals surface area contributed by atoms with Crippen molar-refractivity contribution in [1.82, 2.24) is 9.29 Å². The van der Waals surface area contributed by atoms with Gasteiger partial charge >= 0.3 is 0 Å². The second kappa shape index (κ2) is 7.72. The minimum Gasteiger partial charge on any atom is -0.454 e. The number of fused-ring (bicyclic) bond motifs is 1. The average molecular weight is 403 g/mol. The molecule has 0 amide bonds. The third-order valence-corrected chi connectivity index (χ3v) is 7.90. The summed E-state index contributed by atoms with van der Waals surface area (Å²) in [7, 11) is -3.67. The molecule has 7 heteroatoms. The molecule has 2 aliphatic rings. The van der Waals surface area contributed by atoms with Gasteiger partial charge in [0.25, 0.3) is 0 Å². The van der Waals surface area contributed by atoms with E-state index in [0.29, 0.717) is 24.0 Å². The first-order chi connectivity index (χ1) is 13.5. The molecule has 1 aliphatic carbocycles. The molecular formula is C21H26N2O4S. The highest BCUT2D eigenvalue weighted by Gasteiger charge is 2.38. The van der Waals surface area contributed by atoms with E-state index in [4.69, 9.17) is 9.47 Å². The highest BCUT2D eigenvalue weighted by atomic mass is 32.2. The van der Waals surface area contributed by atoms with Crippen LogP contribution in [-0.2, 0) is 16.6 Å². The fourth-order valence-electron chi connectivity index (χ4n) is 4.20. The molecule has 150 valence electrons. The molecule has 1 aliphatic heterocycles. The molecule has 1 saturated carbocycles. The van der Waals surface area contributed by atoms with Gasteiger partial charge in [-0.05, 0) is 48.1 Å². The normalized spacial score (nSPS) is 24.5. The predicted molar refractivity (Wildman–Crippen MR) is 105 cm³/mol. The molecule has 1 aromatic heterocycles. The van der Waals surface area contributed by atoms with E-state index in [2.05, 4.69) is 18.8 Å². The quantitative estimate of drug-likeness (QED) is 0.760. The van der Waals surface area contributed by atoms with Crippen LogP contribution in [0.2, 0.25) is 0 Å². The molecule has 1 fully saturated rings. The molecule has 0 N–H and O–H groups in total. The van der Waals surface area contributed by atoms with Crippen LogP contribution in [0.4, 0.5) is 0 Å². The number of hydrogen-bond acceptors (Lipinski definition) is 5. The lowest BCUT2D eigenvalue weighted by atomic mass is 9.78. The summed E-state index contributed by atoms with van der Waals surface area (Å²) in [5.41, 5.74) is 0.891. The maximum absolute atomic E-state index is 13.6. The maximum atomic E-state index is 13.6. The Hall–Kier alpha value is -2.12. The Labute approximate surface area is 166 Å². The second-order valence-corrected chi connectivity index (χ2v) is 9.65. The molecule has 0 saturated heterocycles. The van der Waals surface area contributed by atoms with Crippen molar-refractivity contribution in [3.05, 3.63) is 48.3 Å². The van der Waals surface area contributed by atoms with Gasteiger partial charge in [0.2, 0.25) is 16.8 Å². The Morgan fingerprint density at radius 3 is 2.75 bits per heavy atom. The van der Waals surface area contributed by atoms with Crippen LogP contribution in [0.25, 0.3) is 0 Å². The molecular weight excluding hydrogens is 376 g/mol. The van der Waals surface area contributed by atoms with Crippen molar-refractivity contribution >= 4 is 10.0 Å². The average Bonchev–Trinajstić information content (AvgIpc) is 3.17. The number of nitrogens with zero attached hydrogens (tertiary/aromatic N) is 2. The van der Waals surface area contributed by atoms with Gasteiger partial charge in [-0.2, -0.15) is 4.31 Å². The van der Waals surface area contributed by atoms with Crippen LogP contribution in [0.1, 0.15) is 38.7 Å². The molecule has 6 nitrogen and oxygen atoms in total. The number of benzene rings is 1. The molecule has 0 unspecified atom stereocenters. The van der Waals surface area contributed by atoms with Gasteiger partial charge in [-0.25, -0.2) is 8.42 Å². The van der Waals surface area contributed by atoms with Gasteiger partial charge in [-0.15, -0.1) is 0 Å². The smallest absolute Gasteiger partial charge is 0.245 e. The first-order valence-electron chi connectivity index (χ1n) is 9.77. The van der Waals surface area contributed by atoms with E-state index in [1.807, 2.05) is 18.2 Å². The van der Waals surface area contributed by atoms with E-state index in [9.17, 15) is 8.42 Å². The third-order valence-electron chi connectivity index (χ3n) is 6.05. The van der Waals surface area contributed by atoms with Crippen LogP contribution in [0.5, 0.6) is 11.5 Å².